The van der Waals surface area contributed by atoms with Gasteiger partial charge in [0.1, 0.15) is 0 Å². The highest BCUT2D eigenvalue weighted by atomic mass is 16.3. The van der Waals surface area contributed by atoms with Crippen LogP contribution in [0.1, 0.15) is 32.1 Å². The molecule has 1 atom stereocenters. The Balaban J connectivity index is 2.04. The van der Waals surface area contributed by atoms with Crippen LogP contribution < -0.4 is 5.32 Å². The Hall–Kier alpha value is -0.160. The molecule has 1 aliphatic rings. The number of hydrogen-bond donors (Lipinski definition) is 3. The summed E-state index contributed by atoms with van der Waals surface area (Å²) in [6.07, 6.45) is 5.21. The summed E-state index contributed by atoms with van der Waals surface area (Å²) < 4.78 is 0. The Labute approximate surface area is 98.6 Å². The zero-order chi connectivity index (χ0) is 11.9. The van der Waals surface area contributed by atoms with Gasteiger partial charge in [-0.3, -0.25) is 0 Å². The van der Waals surface area contributed by atoms with Gasteiger partial charge in [0.25, 0.3) is 0 Å². The van der Waals surface area contributed by atoms with E-state index in [1.165, 1.54) is 6.42 Å². The lowest BCUT2D eigenvalue weighted by Gasteiger charge is -2.27. The van der Waals surface area contributed by atoms with Crippen molar-refractivity contribution in [3.05, 3.63) is 0 Å². The van der Waals surface area contributed by atoms with Crippen molar-refractivity contribution in [3.8, 4) is 0 Å². The summed E-state index contributed by atoms with van der Waals surface area (Å²) in [4.78, 5) is 2.21. The van der Waals surface area contributed by atoms with E-state index in [9.17, 15) is 5.11 Å². The van der Waals surface area contributed by atoms with Crippen molar-refractivity contribution in [2.45, 2.75) is 37.7 Å². The third kappa shape index (κ3) is 5.25. The number of likely N-dealkylation sites (N-methyl/N-ethyl adjacent to an activating group) is 1. The molecule has 0 saturated carbocycles. The number of aliphatic hydroxyl groups excluding tert-OH is 1. The van der Waals surface area contributed by atoms with Gasteiger partial charge in [-0.25, -0.2) is 0 Å². The molecular weight excluding hydrogens is 204 g/mol. The Bertz CT molecular complexity index is 182. The van der Waals surface area contributed by atoms with E-state index in [1.54, 1.807) is 0 Å². The molecule has 4 heteroatoms. The van der Waals surface area contributed by atoms with Crippen LogP contribution in [0.3, 0.4) is 0 Å². The SMILES string of the molecule is CN(CCCCCCO)CC1(O)CCNC1. The fourth-order valence-corrected chi connectivity index (χ4v) is 2.29. The first-order valence-electron chi connectivity index (χ1n) is 6.39. The Morgan fingerprint density at radius 3 is 2.62 bits per heavy atom. The van der Waals surface area contributed by atoms with Crippen LogP contribution >= 0.6 is 0 Å². The summed E-state index contributed by atoms with van der Waals surface area (Å²) in [5.74, 6) is 0. The average molecular weight is 230 g/mol. The van der Waals surface area contributed by atoms with Gasteiger partial charge in [0.05, 0.1) is 5.60 Å². The Kier molecular flexibility index (Phi) is 6.28. The van der Waals surface area contributed by atoms with Crippen LogP contribution in [0.25, 0.3) is 0 Å². The van der Waals surface area contributed by atoms with Crippen molar-refractivity contribution in [2.75, 3.05) is 39.8 Å². The molecule has 1 aliphatic heterocycles. The van der Waals surface area contributed by atoms with Crippen molar-refractivity contribution in [1.82, 2.24) is 10.2 Å². The fourth-order valence-electron chi connectivity index (χ4n) is 2.29. The van der Waals surface area contributed by atoms with Crippen LogP contribution in [0.4, 0.5) is 0 Å². The summed E-state index contributed by atoms with van der Waals surface area (Å²) in [5, 5.41) is 22.0. The predicted octanol–water partition coefficient (Wildman–Crippen LogP) is 0.195. The van der Waals surface area contributed by atoms with Crippen molar-refractivity contribution in [3.63, 3.8) is 0 Å². The molecule has 4 nitrogen and oxygen atoms in total. The second-order valence-corrected chi connectivity index (χ2v) is 5.03. The molecule has 0 bridgehead atoms. The summed E-state index contributed by atoms with van der Waals surface area (Å²) in [7, 11) is 2.07. The Morgan fingerprint density at radius 1 is 1.25 bits per heavy atom. The van der Waals surface area contributed by atoms with Crippen molar-refractivity contribution < 1.29 is 10.2 Å². The van der Waals surface area contributed by atoms with E-state index in [0.29, 0.717) is 6.61 Å². The standard InChI is InChI=1S/C12H26N2O2/c1-14(8-4-2-3-5-9-15)11-12(16)6-7-13-10-12/h13,15-16H,2-11H2,1H3. The van der Waals surface area contributed by atoms with Crippen LogP contribution in [0.2, 0.25) is 0 Å². The number of nitrogens with one attached hydrogen (secondary N) is 1. The molecule has 0 aromatic carbocycles. The quantitative estimate of drug-likeness (QED) is 0.521. The molecule has 1 saturated heterocycles. The Morgan fingerprint density at radius 2 is 2.00 bits per heavy atom. The highest BCUT2D eigenvalue weighted by Crippen LogP contribution is 2.15. The first kappa shape index (κ1) is 13.9. The zero-order valence-electron chi connectivity index (χ0n) is 10.4. The number of unbranched alkanes of at least 4 members (excludes halogenated alkanes) is 3. The molecule has 0 aliphatic carbocycles. The highest BCUT2D eigenvalue weighted by molar-refractivity contribution is 4.89. The van der Waals surface area contributed by atoms with E-state index in [0.717, 1.165) is 51.9 Å². The van der Waals surface area contributed by atoms with Gasteiger partial charge in [-0.2, -0.15) is 0 Å². The van der Waals surface area contributed by atoms with Gasteiger partial charge in [-0.1, -0.05) is 12.8 Å². The molecule has 0 aromatic rings. The lowest BCUT2D eigenvalue weighted by atomic mass is 10.0. The van der Waals surface area contributed by atoms with Crippen LogP contribution in [0.5, 0.6) is 0 Å². The van der Waals surface area contributed by atoms with Crippen LogP contribution in [0, 0.1) is 0 Å². The largest absolute Gasteiger partial charge is 0.396 e. The lowest BCUT2D eigenvalue weighted by molar-refractivity contribution is 0.0280. The van der Waals surface area contributed by atoms with E-state index in [4.69, 9.17) is 5.11 Å². The monoisotopic (exact) mass is 230 g/mol. The number of β-amino-alcohol motifs (C(OH)–C–C–N with tert-alkyl or cyclic N) is 1. The van der Waals surface area contributed by atoms with Gasteiger partial charge in [0.15, 0.2) is 0 Å². The van der Waals surface area contributed by atoms with Crippen molar-refractivity contribution in [2.24, 2.45) is 0 Å². The fraction of sp³-hybridized carbons (Fsp3) is 1.00. The van der Waals surface area contributed by atoms with Crippen LogP contribution in [0.15, 0.2) is 0 Å². The number of hydrogen-bond acceptors (Lipinski definition) is 4. The van der Waals surface area contributed by atoms with Crippen molar-refractivity contribution >= 4 is 0 Å². The minimum atomic E-state index is -0.514. The van der Waals surface area contributed by atoms with E-state index in [-0.39, 0.29) is 0 Å². The van der Waals surface area contributed by atoms with E-state index >= 15 is 0 Å². The lowest BCUT2D eigenvalue weighted by Crippen LogP contribution is -2.43. The molecule has 1 fully saturated rings. The van der Waals surface area contributed by atoms with Gasteiger partial charge in [-0.05, 0) is 39.4 Å². The maximum absolute atomic E-state index is 10.2. The molecule has 0 aromatic heterocycles. The molecular formula is C12H26N2O2. The molecule has 0 spiro atoms. The van der Waals surface area contributed by atoms with E-state index < -0.39 is 5.60 Å². The number of nitrogens with zero attached hydrogens (tertiary/aromatic N) is 1. The van der Waals surface area contributed by atoms with E-state index in [2.05, 4.69) is 17.3 Å². The molecule has 1 heterocycles. The smallest absolute Gasteiger partial charge is 0.0909 e. The highest BCUT2D eigenvalue weighted by Gasteiger charge is 2.31. The van der Waals surface area contributed by atoms with Gasteiger partial charge in [-0.15, -0.1) is 0 Å². The average Bonchev–Trinajstić information content (AvgIpc) is 2.64. The predicted molar refractivity (Wildman–Crippen MR) is 65.5 cm³/mol. The molecule has 3 N–H and O–H groups in total. The van der Waals surface area contributed by atoms with Crippen LogP contribution in [-0.4, -0.2) is 60.5 Å². The summed E-state index contributed by atoms with van der Waals surface area (Å²) in [6, 6.07) is 0. The second-order valence-electron chi connectivity index (χ2n) is 5.03. The summed E-state index contributed by atoms with van der Waals surface area (Å²) in [5.41, 5.74) is -0.514. The topological polar surface area (TPSA) is 55.7 Å². The molecule has 0 amide bonds. The van der Waals surface area contributed by atoms with Crippen molar-refractivity contribution in [1.29, 1.82) is 0 Å². The molecule has 1 rings (SSSR count). The summed E-state index contributed by atoms with van der Waals surface area (Å²) in [6.45, 7) is 3.76. The second kappa shape index (κ2) is 7.22. The van der Waals surface area contributed by atoms with Gasteiger partial charge in [0, 0.05) is 19.7 Å². The maximum Gasteiger partial charge on any atom is 0.0909 e. The van der Waals surface area contributed by atoms with Crippen LogP contribution in [-0.2, 0) is 0 Å². The molecule has 16 heavy (non-hydrogen) atoms. The third-order valence-electron chi connectivity index (χ3n) is 3.23. The maximum atomic E-state index is 10.2. The molecule has 96 valence electrons. The zero-order valence-corrected chi connectivity index (χ0v) is 10.4. The van der Waals surface area contributed by atoms with Gasteiger partial charge < -0.3 is 20.4 Å². The first-order valence-corrected chi connectivity index (χ1v) is 6.39. The van der Waals surface area contributed by atoms with Gasteiger partial charge >= 0.3 is 0 Å². The number of rotatable bonds is 8. The minimum Gasteiger partial charge on any atom is -0.396 e. The first-order chi connectivity index (χ1) is 7.66. The summed E-state index contributed by atoms with van der Waals surface area (Å²) >= 11 is 0. The molecule has 0 radical (unpaired) electrons. The molecule has 1 unspecified atom stereocenters. The third-order valence-corrected chi connectivity index (χ3v) is 3.23. The normalized spacial score (nSPS) is 25.5. The minimum absolute atomic E-state index is 0.307. The van der Waals surface area contributed by atoms with E-state index in [1.807, 2.05) is 0 Å². The van der Waals surface area contributed by atoms with Gasteiger partial charge in [0.2, 0.25) is 0 Å². The number of aliphatic hydroxyl groups is 2.